The van der Waals surface area contributed by atoms with Crippen molar-refractivity contribution in [2.75, 3.05) is 26.7 Å². The number of para-hydroxylation sites is 1. The minimum Gasteiger partial charge on any atom is -0.361 e. The van der Waals surface area contributed by atoms with E-state index in [4.69, 9.17) is 0 Å². The van der Waals surface area contributed by atoms with Gasteiger partial charge in [0.25, 0.3) is 0 Å². The average molecular weight is 229 g/mol. The van der Waals surface area contributed by atoms with E-state index < -0.39 is 0 Å². The number of hydrogen-bond donors (Lipinski definition) is 2. The quantitative estimate of drug-likeness (QED) is 0.820. The summed E-state index contributed by atoms with van der Waals surface area (Å²) in [7, 11) is 2.22. The van der Waals surface area contributed by atoms with Crippen LogP contribution in [-0.2, 0) is 6.42 Å². The molecule has 1 aliphatic rings. The molecule has 0 saturated carbocycles. The van der Waals surface area contributed by atoms with Gasteiger partial charge in [0.15, 0.2) is 0 Å². The summed E-state index contributed by atoms with van der Waals surface area (Å²) in [5.74, 6) is 0. The molecule has 2 aromatic rings. The Bertz CT molecular complexity index is 503. The highest BCUT2D eigenvalue weighted by molar-refractivity contribution is 5.83. The first-order valence-electron chi connectivity index (χ1n) is 6.30. The molecule has 1 fully saturated rings. The van der Waals surface area contributed by atoms with Crippen molar-refractivity contribution >= 4 is 10.9 Å². The molecule has 2 heterocycles. The number of aromatic nitrogens is 1. The van der Waals surface area contributed by atoms with Crippen LogP contribution in [0.1, 0.15) is 5.56 Å². The summed E-state index contributed by atoms with van der Waals surface area (Å²) < 4.78 is 0. The molecule has 0 amide bonds. The average Bonchev–Trinajstić information content (AvgIpc) is 2.76. The SMILES string of the molecule is CN1CCNCC1Cc1c[nH]c2ccccc12. The van der Waals surface area contributed by atoms with E-state index in [-0.39, 0.29) is 0 Å². The third kappa shape index (κ3) is 2.08. The van der Waals surface area contributed by atoms with Crippen molar-refractivity contribution in [3.63, 3.8) is 0 Å². The molecule has 0 spiro atoms. The highest BCUT2D eigenvalue weighted by atomic mass is 15.2. The van der Waals surface area contributed by atoms with Crippen molar-refractivity contribution in [2.45, 2.75) is 12.5 Å². The van der Waals surface area contributed by atoms with Gasteiger partial charge in [-0.15, -0.1) is 0 Å². The summed E-state index contributed by atoms with van der Waals surface area (Å²) >= 11 is 0. The number of H-pyrrole nitrogens is 1. The van der Waals surface area contributed by atoms with Gasteiger partial charge in [-0.05, 0) is 25.1 Å². The monoisotopic (exact) mass is 229 g/mol. The zero-order chi connectivity index (χ0) is 11.7. The Balaban J connectivity index is 1.84. The largest absolute Gasteiger partial charge is 0.361 e. The molecule has 17 heavy (non-hydrogen) atoms. The molecule has 1 aromatic heterocycles. The van der Waals surface area contributed by atoms with Gasteiger partial charge in [0, 0.05) is 42.8 Å². The second-order valence-electron chi connectivity index (χ2n) is 4.90. The number of fused-ring (bicyclic) bond motifs is 1. The lowest BCUT2D eigenvalue weighted by molar-refractivity contribution is 0.199. The van der Waals surface area contributed by atoms with E-state index in [1.165, 1.54) is 16.5 Å². The van der Waals surface area contributed by atoms with Gasteiger partial charge in [-0.3, -0.25) is 0 Å². The zero-order valence-corrected chi connectivity index (χ0v) is 10.2. The van der Waals surface area contributed by atoms with E-state index in [9.17, 15) is 0 Å². The summed E-state index contributed by atoms with van der Waals surface area (Å²) in [4.78, 5) is 5.81. The van der Waals surface area contributed by atoms with Gasteiger partial charge in [0.05, 0.1) is 0 Å². The van der Waals surface area contributed by atoms with Crippen LogP contribution in [0.2, 0.25) is 0 Å². The fourth-order valence-electron chi connectivity index (χ4n) is 2.64. The van der Waals surface area contributed by atoms with Crippen LogP contribution < -0.4 is 5.32 Å². The number of nitrogens with zero attached hydrogens (tertiary/aromatic N) is 1. The lowest BCUT2D eigenvalue weighted by atomic mass is 10.0. The van der Waals surface area contributed by atoms with Crippen molar-refractivity contribution < 1.29 is 0 Å². The van der Waals surface area contributed by atoms with Crippen LogP contribution in [0.25, 0.3) is 10.9 Å². The first-order chi connectivity index (χ1) is 8.34. The van der Waals surface area contributed by atoms with Gasteiger partial charge in [0.1, 0.15) is 0 Å². The highest BCUT2D eigenvalue weighted by Gasteiger charge is 2.19. The maximum absolute atomic E-state index is 3.47. The highest BCUT2D eigenvalue weighted by Crippen LogP contribution is 2.20. The Kier molecular flexibility index (Phi) is 2.87. The molecule has 1 aliphatic heterocycles. The molecular formula is C14H19N3. The molecule has 2 N–H and O–H groups in total. The maximum Gasteiger partial charge on any atom is 0.0456 e. The van der Waals surface area contributed by atoms with Gasteiger partial charge >= 0.3 is 0 Å². The Morgan fingerprint density at radius 1 is 1.35 bits per heavy atom. The van der Waals surface area contributed by atoms with E-state index >= 15 is 0 Å². The van der Waals surface area contributed by atoms with Crippen LogP contribution in [0.15, 0.2) is 30.5 Å². The summed E-state index contributed by atoms with van der Waals surface area (Å²) in [6.07, 6.45) is 3.28. The van der Waals surface area contributed by atoms with Crippen molar-refractivity contribution in [1.82, 2.24) is 15.2 Å². The Hall–Kier alpha value is -1.32. The molecule has 1 saturated heterocycles. The molecule has 0 radical (unpaired) electrons. The topological polar surface area (TPSA) is 31.1 Å². The van der Waals surface area contributed by atoms with Gasteiger partial charge in [0.2, 0.25) is 0 Å². The summed E-state index contributed by atoms with van der Waals surface area (Å²) in [6, 6.07) is 9.15. The standard InChI is InChI=1S/C14H19N3/c1-17-7-6-15-10-12(17)8-11-9-16-14-5-3-2-4-13(11)14/h2-5,9,12,15-16H,6-8,10H2,1H3. The first kappa shape index (κ1) is 10.8. The lowest BCUT2D eigenvalue weighted by Crippen LogP contribution is -2.50. The van der Waals surface area contributed by atoms with E-state index in [0.29, 0.717) is 6.04 Å². The molecule has 90 valence electrons. The number of nitrogens with one attached hydrogen (secondary N) is 2. The number of likely N-dealkylation sites (N-methyl/N-ethyl adjacent to an activating group) is 1. The maximum atomic E-state index is 3.47. The van der Waals surface area contributed by atoms with Crippen molar-refractivity contribution in [3.05, 3.63) is 36.0 Å². The van der Waals surface area contributed by atoms with E-state index in [1.54, 1.807) is 0 Å². The van der Waals surface area contributed by atoms with Crippen LogP contribution in [0.4, 0.5) is 0 Å². The van der Waals surface area contributed by atoms with Crippen molar-refractivity contribution in [1.29, 1.82) is 0 Å². The van der Waals surface area contributed by atoms with Crippen molar-refractivity contribution in [2.24, 2.45) is 0 Å². The summed E-state index contributed by atoms with van der Waals surface area (Å²) in [5, 5.41) is 4.84. The fourth-order valence-corrected chi connectivity index (χ4v) is 2.64. The minimum absolute atomic E-state index is 0.614. The lowest BCUT2D eigenvalue weighted by Gasteiger charge is -2.33. The molecule has 0 aliphatic carbocycles. The zero-order valence-electron chi connectivity index (χ0n) is 10.2. The van der Waals surface area contributed by atoms with Crippen LogP contribution in [0.5, 0.6) is 0 Å². The van der Waals surface area contributed by atoms with Gasteiger partial charge in [-0.1, -0.05) is 18.2 Å². The van der Waals surface area contributed by atoms with Crippen LogP contribution in [0, 0.1) is 0 Å². The van der Waals surface area contributed by atoms with Gasteiger partial charge in [-0.25, -0.2) is 0 Å². The Morgan fingerprint density at radius 3 is 3.12 bits per heavy atom. The summed E-state index contributed by atoms with van der Waals surface area (Å²) in [5.41, 5.74) is 2.68. The van der Waals surface area contributed by atoms with Crippen LogP contribution >= 0.6 is 0 Å². The molecule has 1 aromatic carbocycles. The van der Waals surface area contributed by atoms with E-state index in [2.05, 4.69) is 52.7 Å². The molecule has 1 unspecified atom stereocenters. The van der Waals surface area contributed by atoms with E-state index in [0.717, 1.165) is 26.1 Å². The van der Waals surface area contributed by atoms with Crippen molar-refractivity contribution in [3.8, 4) is 0 Å². The third-order valence-corrected chi connectivity index (χ3v) is 3.78. The molecule has 0 bridgehead atoms. The number of rotatable bonds is 2. The number of aromatic amines is 1. The summed E-state index contributed by atoms with van der Waals surface area (Å²) in [6.45, 7) is 3.35. The number of benzene rings is 1. The second-order valence-corrected chi connectivity index (χ2v) is 4.90. The minimum atomic E-state index is 0.614. The number of hydrogen-bond acceptors (Lipinski definition) is 2. The van der Waals surface area contributed by atoms with E-state index in [1.807, 2.05) is 0 Å². The molecular weight excluding hydrogens is 210 g/mol. The molecule has 3 heteroatoms. The second kappa shape index (κ2) is 4.51. The normalized spacial score (nSPS) is 22.1. The smallest absolute Gasteiger partial charge is 0.0456 e. The van der Waals surface area contributed by atoms with Gasteiger partial charge in [-0.2, -0.15) is 0 Å². The Labute approximate surface area is 102 Å². The molecule has 1 atom stereocenters. The number of piperazine rings is 1. The third-order valence-electron chi connectivity index (χ3n) is 3.78. The molecule has 3 nitrogen and oxygen atoms in total. The van der Waals surface area contributed by atoms with Crippen LogP contribution in [-0.4, -0.2) is 42.6 Å². The fraction of sp³-hybridized carbons (Fsp3) is 0.429. The molecule has 3 rings (SSSR count). The predicted octanol–water partition coefficient (Wildman–Crippen LogP) is 1.61. The Morgan fingerprint density at radius 2 is 2.24 bits per heavy atom. The first-order valence-corrected chi connectivity index (χ1v) is 6.30. The van der Waals surface area contributed by atoms with Crippen LogP contribution in [0.3, 0.4) is 0 Å². The predicted molar refractivity (Wildman–Crippen MR) is 71.3 cm³/mol. The van der Waals surface area contributed by atoms with Gasteiger partial charge < -0.3 is 15.2 Å².